The molecule has 2 rings (SSSR count). The molecule has 2 saturated carbocycles. The van der Waals surface area contributed by atoms with Gasteiger partial charge in [0.05, 0.1) is 5.60 Å². The monoisotopic (exact) mass is 266 g/mol. The fraction of sp³-hybridized carbons (Fsp3) is 1.00. The summed E-state index contributed by atoms with van der Waals surface area (Å²) in [7, 11) is 0. The number of ether oxygens (including phenoxy) is 1. The maximum absolute atomic E-state index is 6.31. The molecule has 2 fully saturated rings. The molecule has 4 atom stereocenters. The number of hydrogen-bond acceptors (Lipinski definition) is 1. The highest BCUT2D eigenvalue weighted by Crippen LogP contribution is 2.63. The molecule has 2 aliphatic rings. The molecule has 0 saturated heterocycles. The summed E-state index contributed by atoms with van der Waals surface area (Å²) in [6.07, 6.45) is 8.01. The molecule has 0 heterocycles. The lowest BCUT2D eigenvalue weighted by atomic mass is 9.45. The fourth-order valence-corrected chi connectivity index (χ4v) is 5.68. The van der Waals surface area contributed by atoms with Crippen molar-refractivity contribution in [3.05, 3.63) is 0 Å². The quantitative estimate of drug-likeness (QED) is 0.661. The van der Waals surface area contributed by atoms with Crippen LogP contribution in [0, 0.1) is 22.7 Å². The van der Waals surface area contributed by atoms with Gasteiger partial charge in [0.15, 0.2) is 0 Å². The molecule has 112 valence electrons. The summed E-state index contributed by atoms with van der Waals surface area (Å²) in [4.78, 5) is 0. The summed E-state index contributed by atoms with van der Waals surface area (Å²) < 4.78 is 6.31. The van der Waals surface area contributed by atoms with Gasteiger partial charge < -0.3 is 4.74 Å². The molecule has 0 amide bonds. The lowest BCUT2D eigenvalue weighted by Crippen LogP contribution is -2.58. The lowest BCUT2D eigenvalue weighted by molar-refractivity contribution is -0.192. The standard InChI is InChI=1S/C18H34O/c1-7-18(19-8-2)13-10-15-16(4,5)11-9-12-17(15,6)14(18)3/h14-15H,7-13H2,1-6H3/t14-,15?,17+,18+/m0/s1. The van der Waals surface area contributed by atoms with Crippen LogP contribution in [0.15, 0.2) is 0 Å². The van der Waals surface area contributed by atoms with E-state index in [9.17, 15) is 0 Å². The summed E-state index contributed by atoms with van der Waals surface area (Å²) in [5, 5.41) is 0. The van der Waals surface area contributed by atoms with Crippen LogP contribution in [0.1, 0.15) is 80.1 Å². The predicted molar refractivity (Wildman–Crippen MR) is 82.3 cm³/mol. The maximum atomic E-state index is 6.31. The van der Waals surface area contributed by atoms with Gasteiger partial charge in [-0.3, -0.25) is 0 Å². The van der Waals surface area contributed by atoms with Crippen molar-refractivity contribution >= 4 is 0 Å². The zero-order valence-electron chi connectivity index (χ0n) is 14.0. The van der Waals surface area contributed by atoms with Crippen molar-refractivity contribution in [1.82, 2.24) is 0 Å². The second kappa shape index (κ2) is 5.06. The maximum Gasteiger partial charge on any atom is 0.0710 e. The van der Waals surface area contributed by atoms with E-state index in [2.05, 4.69) is 41.5 Å². The van der Waals surface area contributed by atoms with Crippen molar-refractivity contribution in [2.45, 2.75) is 85.7 Å². The van der Waals surface area contributed by atoms with Gasteiger partial charge in [-0.1, -0.05) is 41.0 Å². The summed E-state index contributed by atoms with van der Waals surface area (Å²) in [6, 6.07) is 0. The average Bonchev–Trinajstić information content (AvgIpc) is 2.34. The highest BCUT2D eigenvalue weighted by Gasteiger charge is 2.57. The first-order chi connectivity index (χ1) is 8.82. The smallest absolute Gasteiger partial charge is 0.0710 e. The third-order valence-corrected chi connectivity index (χ3v) is 6.94. The van der Waals surface area contributed by atoms with E-state index in [1.165, 1.54) is 38.5 Å². The van der Waals surface area contributed by atoms with E-state index in [1.807, 2.05) is 0 Å². The summed E-state index contributed by atoms with van der Waals surface area (Å²) in [6.45, 7) is 15.4. The minimum absolute atomic E-state index is 0.146. The molecule has 0 N–H and O–H groups in total. The second-order valence-corrected chi connectivity index (χ2v) is 8.01. The Kier molecular flexibility index (Phi) is 4.09. The van der Waals surface area contributed by atoms with E-state index in [4.69, 9.17) is 4.74 Å². The van der Waals surface area contributed by atoms with Gasteiger partial charge in [-0.2, -0.15) is 0 Å². The molecule has 0 aromatic heterocycles. The Morgan fingerprint density at radius 3 is 2.32 bits per heavy atom. The number of fused-ring (bicyclic) bond motifs is 1. The van der Waals surface area contributed by atoms with E-state index in [-0.39, 0.29) is 5.60 Å². The van der Waals surface area contributed by atoms with Crippen molar-refractivity contribution in [2.75, 3.05) is 6.61 Å². The Morgan fingerprint density at radius 1 is 1.05 bits per heavy atom. The van der Waals surface area contributed by atoms with Gasteiger partial charge in [-0.15, -0.1) is 0 Å². The van der Waals surface area contributed by atoms with Crippen molar-refractivity contribution < 1.29 is 4.74 Å². The first kappa shape index (κ1) is 15.4. The third kappa shape index (κ3) is 2.26. The van der Waals surface area contributed by atoms with E-state index in [0.29, 0.717) is 16.7 Å². The average molecular weight is 266 g/mol. The Bertz CT molecular complexity index is 322. The van der Waals surface area contributed by atoms with Crippen LogP contribution in [0.25, 0.3) is 0 Å². The van der Waals surface area contributed by atoms with Crippen LogP contribution < -0.4 is 0 Å². The van der Waals surface area contributed by atoms with Crippen LogP contribution in [-0.2, 0) is 4.74 Å². The molecule has 0 spiro atoms. The van der Waals surface area contributed by atoms with Crippen molar-refractivity contribution in [3.63, 3.8) is 0 Å². The topological polar surface area (TPSA) is 9.23 Å². The predicted octanol–water partition coefficient (Wildman–Crippen LogP) is 5.43. The fourth-order valence-electron chi connectivity index (χ4n) is 5.68. The minimum atomic E-state index is 0.146. The molecule has 0 aromatic carbocycles. The van der Waals surface area contributed by atoms with Crippen LogP contribution in [0.3, 0.4) is 0 Å². The first-order valence-corrected chi connectivity index (χ1v) is 8.46. The third-order valence-electron chi connectivity index (χ3n) is 6.94. The van der Waals surface area contributed by atoms with Gasteiger partial charge >= 0.3 is 0 Å². The molecule has 0 aromatic rings. The Morgan fingerprint density at radius 2 is 1.74 bits per heavy atom. The van der Waals surface area contributed by atoms with Crippen LogP contribution >= 0.6 is 0 Å². The summed E-state index contributed by atoms with van der Waals surface area (Å²) in [5.41, 5.74) is 1.14. The van der Waals surface area contributed by atoms with Crippen LogP contribution in [0.2, 0.25) is 0 Å². The largest absolute Gasteiger partial charge is 0.375 e. The zero-order valence-corrected chi connectivity index (χ0v) is 14.0. The summed E-state index contributed by atoms with van der Waals surface area (Å²) in [5.74, 6) is 1.56. The van der Waals surface area contributed by atoms with E-state index in [1.54, 1.807) is 0 Å². The van der Waals surface area contributed by atoms with Gasteiger partial charge in [0.2, 0.25) is 0 Å². The lowest BCUT2D eigenvalue weighted by Gasteiger charge is -2.62. The van der Waals surface area contributed by atoms with Gasteiger partial charge in [-0.05, 0) is 61.7 Å². The normalized spacial score (nSPS) is 45.8. The summed E-state index contributed by atoms with van der Waals surface area (Å²) >= 11 is 0. The van der Waals surface area contributed by atoms with Crippen LogP contribution in [0.5, 0.6) is 0 Å². The molecule has 1 heteroatoms. The van der Waals surface area contributed by atoms with Gasteiger partial charge in [0.25, 0.3) is 0 Å². The first-order valence-electron chi connectivity index (χ1n) is 8.46. The molecule has 0 bridgehead atoms. The van der Waals surface area contributed by atoms with E-state index < -0.39 is 0 Å². The molecule has 19 heavy (non-hydrogen) atoms. The minimum Gasteiger partial charge on any atom is -0.375 e. The van der Waals surface area contributed by atoms with Gasteiger partial charge in [0, 0.05) is 6.61 Å². The highest BCUT2D eigenvalue weighted by molar-refractivity contribution is 5.07. The molecule has 0 radical (unpaired) electrons. The van der Waals surface area contributed by atoms with E-state index in [0.717, 1.165) is 12.5 Å². The zero-order chi connectivity index (χ0) is 14.3. The molecular formula is C18H34O. The highest BCUT2D eigenvalue weighted by atomic mass is 16.5. The Hall–Kier alpha value is -0.0400. The molecule has 1 nitrogen and oxygen atoms in total. The van der Waals surface area contributed by atoms with Crippen LogP contribution in [0.4, 0.5) is 0 Å². The van der Waals surface area contributed by atoms with Crippen molar-refractivity contribution in [3.8, 4) is 0 Å². The van der Waals surface area contributed by atoms with Gasteiger partial charge in [-0.25, -0.2) is 0 Å². The van der Waals surface area contributed by atoms with Crippen molar-refractivity contribution in [2.24, 2.45) is 22.7 Å². The molecular weight excluding hydrogens is 232 g/mol. The van der Waals surface area contributed by atoms with E-state index >= 15 is 0 Å². The number of hydrogen-bond donors (Lipinski definition) is 0. The Balaban J connectivity index is 2.33. The Labute approximate surface area is 120 Å². The molecule has 0 aliphatic heterocycles. The van der Waals surface area contributed by atoms with Crippen molar-refractivity contribution in [1.29, 1.82) is 0 Å². The second-order valence-electron chi connectivity index (χ2n) is 8.01. The molecule has 2 aliphatic carbocycles. The van der Waals surface area contributed by atoms with Crippen LogP contribution in [-0.4, -0.2) is 12.2 Å². The van der Waals surface area contributed by atoms with Gasteiger partial charge in [0.1, 0.15) is 0 Å². The molecule has 1 unspecified atom stereocenters. The number of rotatable bonds is 3. The SMILES string of the molecule is CCO[C@]1(CC)CCC2C(C)(C)CCC[C@]2(C)[C@@H]1C.